The zero-order chi connectivity index (χ0) is 49.6. The number of aromatic nitrogens is 5. The molecule has 4 aromatic heterocycles. The molecule has 0 spiro atoms. The second-order valence-electron chi connectivity index (χ2n) is 16.3. The highest BCUT2D eigenvalue weighted by Gasteiger charge is 2.27. The van der Waals surface area contributed by atoms with Gasteiger partial charge in [0.15, 0.2) is 0 Å². The van der Waals surface area contributed by atoms with Crippen molar-refractivity contribution < 1.29 is 43.6 Å². The number of hydrogen-bond donors (Lipinski definition) is 7. The summed E-state index contributed by atoms with van der Waals surface area (Å²) in [7, 11) is 0. The molecule has 0 fully saturated rings. The summed E-state index contributed by atoms with van der Waals surface area (Å²) < 4.78 is 18.3. The number of nitrogen functional groups attached to an aromatic ring is 1. The number of rotatable bonds is 24. The maximum absolute atomic E-state index is 12.8. The molecule has 5 heterocycles. The molecule has 2 aromatic carbocycles. The first-order chi connectivity index (χ1) is 33.9. The lowest BCUT2D eigenvalue weighted by Gasteiger charge is -2.26. The van der Waals surface area contributed by atoms with E-state index in [0.717, 1.165) is 50.0 Å². The van der Waals surface area contributed by atoms with E-state index in [1.54, 1.807) is 64.4 Å². The number of nitrogens with one attached hydrogen (secondary N) is 4. The Morgan fingerprint density at radius 2 is 1.54 bits per heavy atom. The second-order valence-corrected chi connectivity index (χ2v) is 17.1. The van der Waals surface area contributed by atoms with Gasteiger partial charge in [-0.15, -0.1) is 0 Å². The van der Waals surface area contributed by atoms with Gasteiger partial charge < -0.3 is 56.0 Å². The van der Waals surface area contributed by atoms with Crippen molar-refractivity contribution >= 4 is 63.6 Å². The van der Waals surface area contributed by atoms with Crippen LogP contribution in [0.3, 0.4) is 0 Å². The average molecular weight is 1000 g/mol. The highest BCUT2D eigenvalue weighted by Crippen LogP contribution is 2.42. The number of nitrogens with two attached hydrogens (primary N) is 1. The third-order valence-corrected chi connectivity index (χ3v) is 12.5. The maximum atomic E-state index is 12.8. The van der Waals surface area contributed by atoms with E-state index in [4.69, 9.17) is 48.2 Å². The van der Waals surface area contributed by atoms with E-state index in [2.05, 4.69) is 30.9 Å². The van der Waals surface area contributed by atoms with E-state index >= 15 is 0 Å². The van der Waals surface area contributed by atoms with Crippen molar-refractivity contribution in [3.8, 4) is 39.3 Å². The van der Waals surface area contributed by atoms with E-state index in [1.165, 1.54) is 0 Å². The monoisotopic (exact) mass is 998 g/mol. The number of aromatic amines is 1. The Hall–Kier alpha value is -6.61. The molecule has 0 saturated heterocycles. The van der Waals surface area contributed by atoms with Gasteiger partial charge in [-0.05, 0) is 47.9 Å². The predicted molar refractivity (Wildman–Crippen MR) is 264 cm³/mol. The molecular weight excluding hydrogens is 944 g/mol. The number of aromatic hydroxyl groups is 1. The number of anilines is 1. The van der Waals surface area contributed by atoms with Crippen LogP contribution in [0.2, 0.25) is 10.0 Å². The van der Waals surface area contributed by atoms with Gasteiger partial charge in [0.25, 0.3) is 5.91 Å². The van der Waals surface area contributed by atoms with Gasteiger partial charge in [0, 0.05) is 109 Å². The van der Waals surface area contributed by atoms with E-state index in [0.29, 0.717) is 99.1 Å². The molecule has 6 aromatic rings. The van der Waals surface area contributed by atoms with Crippen LogP contribution in [0.15, 0.2) is 67.1 Å². The Balaban J connectivity index is 0.705. The number of benzene rings is 2. The molecule has 1 aliphatic heterocycles. The molecule has 21 heteroatoms. The van der Waals surface area contributed by atoms with Gasteiger partial charge in [-0.25, -0.2) is 4.98 Å². The third kappa shape index (κ3) is 13.0. The molecule has 370 valence electrons. The SMILES string of the molecule is CCc1c(-c2ccc(C(=O)NCCC(=O)NCCOCCOCCOCCC(=O)NCCn3ccc(-c4cc(Cl)c(Cl)c5[nH]c6c(c45)CN(C(=O)CO)CC6)n3)nc2)cnc(N)c1-c1ccc(O)cc1. The summed E-state index contributed by atoms with van der Waals surface area (Å²) >= 11 is 13.1. The number of amides is 4. The van der Waals surface area contributed by atoms with Gasteiger partial charge in [0.05, 0.1) is 67.4 Å². The van der Waals surface area contributed by atoms with E-state index in [-0.39, 0.29) is 61.8 Å². The molecule has 0 unspecified atom stereocenters. The molecule has 1 aliphatic rings. The number of nitrogens with zero attached hydrogens (tertiary/aromatic N) is 5. The predicted octanol–water partition coefficient (Wildman–Crippen LogP) is 4.68. The van der Waals surface area contributed by atoms with Crippen LogP contribution in [0.4, 0.5) is 5.82 Å². The number of phenols is 1. The number of phenolic OH excluding ortho intramolecular Hbond substituents is 1. The fourth-order valence-corrected chi connectivity index (χ4v) is 8.54. The lowest BCUT2D eigenvalue weighted by Crippen LogP contribution is -2.37. The van der Waals surface area contributed by atoms with Gasteiger partial charge >= 0.3 is 0 Å². The summed E-state index contributed by atoms with van der Waals surface area (Å²) in [6, 6.07) is 13.8. The van der Waals surface area contributed by atoms with Gasteiger partial charge in [0.1, 0.15) is 23.9 Å². The third-order valence-electron chi connectivity index (χ3n) is 11.7. The number of aliphatic hydroxyl groups excluding tert-OH is 1. The Morgan fingerprint density at radius 1 is 0.829 bits per heavy atom. The highest BCUT2D eigenvalue weighted by molar-refractivity contribution is 6.45. The number of carbonyl (C=O) groups excluding carboxylic acids is 4. The highest BCUT2D eigenvalue weighted by atomic mass is 35.5. The minimum Gasteiger partial charge on any atom is -0.508 e. The van der Waals surface area contributed by atoms with Crippen molar-refractivity contribution in [2.75, 3.05) is 78.2 Å². The smallest absolute Gasteiger partial charge is 0.269 e. The summed E-state index contributed by atoms with van der Waals surface area (Å²) in [5, 5.41) is 33.8. The summed E-state index contributed by atoms with van der Waals surface area (Å²) in [5.74, 6) is -0.607. The standard InChI is InChI=1S/C49H56Cl2N10O9/c1-2-33-35(27-57-48(52)44(33)30-3-6-32(63)7-4-30)31-5-8-40(56-26-31)49(67)55-13-9-41(64)54-15-20-69-22-24-70-23-21-68-19-12-42(65)53-14-18-61-17-11-39(59-61)34-25-37(50)46(51)47-45(34)36-28-60(43(66)29-62)16-10-38(36)58-47/h3-8,11,17,25-27,58,62-63H,2,9-10,12-16,18-24,28-29H2,1H3,(H2,52,57)(H,53,65)(H,54,64)(H,55,67). The Labute approximate surface area is 414 Å². The lowest BCUT2D eigenvalue weighted by molar-refractivity contribution is -0.135. The summed E-state index contributed by atoms with van der Waals surface area (Å²) in [6.07, 6.45) is 6.63. The Morgan fingerprint density at radius 3 is 2.27 bits per heavy atom. The summed E-state index contributed by atoms with van der Waals surface area (Å²) in [5.41, 5.74) is 14.6. The zero-order valence-electron chi connectivity index (χ0n) is 38.7. The van der Waals surface area contributed by atoms with Crippen LogP contribution in [0.25, 0.3) is 44.4 Å². The number of ether oxygens (including phenoxy) is 3. The molecule has 70 heavy (non-hydrogen) atoms. The van der Waals surface area contributed by atoms with Crippen molar-refractivity contribution in [2.45, 2.75) is 45.7 Å². The molecule has 19 nitrogen and oxygen atoms in total. The topological polar surface area (TPSA) is 261 Å². The normalized spacial score (nSPS) is 12.3. The quantitative estimate of drug-likeness (QED) is 0.0407. The molecule has 8 N–H and O–H groups in total. The van der Waals surface area contributed by atoms with Crippen LogP contribution < -0.4 is 21.7 Å². The fraction of sp³-hybridized carbons (Fsp3) is 0.367. The molecule has 0 saturated carbocycles. The molecule has 0 atom stereocenters. The summed E-state index contributed by atoms with van der Waals surface area (Å²) in [4.78, 5) is 63.5. The number of carbonyl (C=O) groups is 4. The largest absolute Gasteiger partial charge is 0.508 e. The number of pyridine rings is 2. The molecule has 0 radical (unpaired) electrons. The van der Waals surface area contributed by atoms with Crippen molar-refractivity contribution in [2.24, 2.45) is 0 Å². The second kappa shape index (κ2) is 24.8. The molecule has 0 bridgehead atoms. The van der Waals surface area contributed by atoms with Crippen molar-refractivity contribution in [3.63, 3.8) is 0 Å². The number of H-pyrrole nitrogens is 1. The van der Waals surface area contributed by atoms with Gasteiger partial charge in [-0.3, -0.25) is 28.8 Å². The van der Waals surface area contributed by atoms with E-state index in [1.807, 2.05) is 19.2 Å². The minimum atomic E-state index is -0.558. The molecule has 4 amide bonds. The van der Waals surface area contributed by atoms with Gasteiger partial charge in [-0.1, -0.05) is 48.3 Å². The van der Waals surface area contributed by atoms with Crippen LogP contribution in [0.1, 0.15) is 47.1 Å². The van der Waals surface area contributed by atoms with Crippen LogP contribution in [0.5, 0.6) is 5.75 Å². The minimum absolute atomic E-state index is 0.0828. The number of fused-ring (bicyclic) bond motifs is 3. The molecule has 7 rings (SSSR count). The Kier molecular flexibility index (Phi) is 18.1. The zero-order valence-corrected chi connectivity index (χ0v) is 40.2. The van der Waals surface area contributed by atoms with Gasteiger partial charge in [-0.2, -0.15) is 5.10 Å². The number of hydrogen-bond acceptors (Lipinski definition) is 13. The fourth-order valence-electron chi connectivity index (χ4n) is 8.14. The average Bonchev–Trinajstić information content (AvgIpc) is 4.00. The first-order valence-corrected chi connectivity index (χ1v) is 23.7. The first kappa shape index (κ1) is 51.2. The lowest BCUT2D eigenvalue weighted by atomic mass is 9.92. The van der Waals surface area contributed by atoms with Crippen molar-refractivity contribution in [1.82, 2.24) is 45.6 Å². The first-order valence-electron chi connectivity index (χ1n) is 23.0. The van der Waals surface area contributed by atoms with Crippen LogP contribution in [-0.2, 0) is 54.5 Å². The number of halogens is 2. The molecular formula is C49H56Cl2N10O9. The van der Waals surface area contributed by atoms with Crippen LogP contribution in [0, 0.1) is 0 Å². The maximum Gasteiger partial charge on any atom is 0.269 e. The molecule has 0 aliphatic carbocycles. The van der Waals surface area contributed by atoms with Crippen molar-refractivity contribution in [1.29, 1.82) is 0 Å². The summed E-state index contributed by atoms with van der Waals surface area (Å²) in [6.45, 7) is 5.29. The van der Waals surface area contributed by atoms with Crippen LogP contribution >= 0.6 is 23.2 Å². The van der Waals surface area contributed by atoms with E-state index in [9.17, 15) is 29.4 Å². The van der Waals surface area contributed by atoms with Gasteiger partial charge in [0.2, 0.25) is 17.7 Å². The Bertz CT molecular complexity index is 2780. The number of aliphatic hydroxyl groups is 1. The van der Waals surface area contributed by atoms with E-state index < -0.39 is 12.5 Å². The van der Waals surface area contributed by atoms with Crippen LogP contribution in [-0.4, -0.2) is 136 Å². The van der Waals surface area contributed by atoms with Crippen molar-refractivity contribution in [3.05, 3.63) is 99.7 Å².